The first kappa shape index (κ1) is 27.4. The Labute approximate surface area is 258 Å². The lowest BCUT2D eigenvalue weighted by molar-refractivity contribution is 1.07. The van der Waals surface area contributed by atoms with E-state index in [4.69, 9.17) is 4.98 Å². The average Bonchev–Trinajstić information content (AvgIpc) is 3.50. The molecule has 1 aromatic heterocycles. The first-order chi connectivity index (χ1) is 21.7. The molecule has 0 bridgehead atoms. The number of fused-ring (bicyclic) bond motifs is 1. The van der Waals surface area contributed by atoms with Gasteiger partial charge in [-0.15, -0.1) is 0 Å². The smallest absolute Gasteiger partial charge is 0.145 e. The molecule has 0 aliphatic heterocycles. The topological polar surface area (TPSA) is 17.8 Å². The molecule has 7 rings (SSSR count). The van der Waals surface area contributed by atoms with Gasteiger partial charge in [-0.05, 0) is 70.8 Å². The van der Waals surface area contributed by atoms with E-state index in [1.807, 2.05) is 0 Å². The monoisotopic (exact) mass is 566 g/mol. The highest BCUT2D eigenvalue weighted by atomic mass is 15.1. The highest BCUT2D eigenvalue weighted by molar-refractivity contribution is 5.99. The summed E-state index contributed by atoms with van der Waals surface area (Å²) in [4.78, 5) is 5.38. The molecule has 0 saturated carbocycles. The number of imidazole rings is 1. The number of hydrogen-bond acceptors (Lipinski definition) is 1. The zero-order valence-electron chi connectivity index (χ0n) is 25.3. The Balaban J connectivity index is 1.58. The molecule has 0 saturated heterocycles. The van der Waals surface area contributed by atoms with E-state index in [1.165, 1.54) is 37.9 Å². The van der Waals surface area contributed by atoms with Crippen LogP contribution in [0.15, 0.2) is 140 Å². The fourth-order valence-electron chi connectivity index (χ4n) is 6.55. The van der Waals surface area contributed by atoms with Crippen molar-refractivity contribution in [3.05, 3.63) is 156 Å². The van der Waals surface area contributed by atoms with Crippen molar-refractivity contribution < 1.29 is 0 Å². The number of aromatic nitrogens is 2. The van der Waals surface area contributed by atoms with E-state index in [2.05, 4.69) is 177 Å². The van der Waals surface area contributed by atoms with Gasteiger partial charge in [0, 0.05) is 22.4 Å². The van der Waals surface area contributed by atoms with Crippen LogP contribution in [0.3, 0.4) is 0 Å². The molecule has 0 radical (unpaired) electrons. The zero-order chi connectivity index (χ0) is 30.0. The third kappa shape index (κ3) is 4.66. The Bertz CT molecular complexity index is 2230. The van der Waals surface area contributed by atoms with Gasteiger partial charge in [0.1, 0.15) is 5.82 Å². The second-order valence-corrected chi connectivity index (χ2v) is 11.1. The summed E-state index contributed by atoms with van der Waals surface area (Å²) in [5.41, 5.74) is 10.2. The SMILES string of the molecule is C/C=c1/c(C)c2ccccc2c(-c2cccc(-n3c(-c4ccccc4)nc(-c4ccccc4)c3-c3ccccc3)c2)/c1=C/C. The highest BCUT2D eigenvalue weighted by Crippen LogP contribution is 2.39. The Kier molecular flexibility index (Phi) is 7.25. The quantitative estimate of drug-likeness (QED) is 0.203. The molecule has 7 aromatic rings. The van der Waals surface area contributed by atoms with Crippen molar-refractivity contribution in [2.24, 2.45) is 0 Å². The second-order valence-electron chi connectivity index (χ2n) is 11.1. The molecule has 0 fully saturated rings. The van der Waals surface area contributed by atoms with Crippen molar-refractivity contribution >= 4 is 22.9 Å². The maximum absolute atomic E-state index is 5.38. The van der Waals surface area contributed by atoms with Crippen LogP contribution in [0.25, 0.3) is 73.6 Å². The number of aryl methyl sites for hydroxylation is 1. The van der Waals surface area contributed by atoms with Gasteiger partial charge in [0.2, 0.25) is 0 Å². The van der Waals surface area contributed by atoms with Crippen molar-refractivity contribution in [2.45, 2.75) is 20.8 Å². The Morgan fingerprint density at radius 1 is 0.523 bits per heavy atom. The summed E-state index contributed by atoms with van der Waals surface area (Å²) in [5.74, 6) is 0.916. The number of rotatable bonds is 5. The van der Waals surface area contributed by atoms with Crippen molar-refractivity contribution in [3.8, 4) is 50.7 Å². The molecule has 0 aliphatic carbocycles. The molecule has 0 N–H and O–H groups in total. The predicted octanol–water partition coefficient (Wildman–Crippen LogP) is 9.60. The lowest BCUT2D eigenvalue weighted by Gasteiger charge is -2.17. The average molecular weight is 567 g/mol. The minimum Gasteiger partial charge on any atom is -0.292 e. The van der Waals surface area contributed by atoms with Crippen LogP contribution in [-0.2, 0) is 0 Å². The summed E-state index contributed by atoms with van der Waals surface area (Å²) in [7, 11) is 0. The van der Waals surface area contributed by atoms with E-state index >= 15 is 0 Å². The number of nitrogens with zero attached hydrogens (tertiary/aromatic N) is 2. The molecule has 2 nitrogen and oxygen atoms in total. The molecule has 212 valence electrons. The summed E-state index contributed by atoms with van der Waals surface area (Å²) >= 11 is 0. The molecule has 6 aromatic carbocycles. The van der Waals surface area contributed by atoms with Crippen molar-refractivity contribution in [3.63, 3.8) is 0 Å². The van der Waals surface area contributed by atoms with Crippen LogP contribution >= 0.6 is 0 Å². The maximum Gasteiger partial charge on any atom is 0.145 e. The van der Waals surface area contributed by atoms with Gasteiger partial charge in [-0.2, -0.15) is 0 Å². The summed E-state index contributed by atoms with van der Waals surface area (Å²) < 4.78 is 2.34. The number of hydrogen-bond donors (Lipinski definition) is 0. The molecule has 0 unspecified atom stereocenters. The highest BCUT2D eigenvalue weighted by Gasteiger charge is 2.23. The third-order valence-corrected chi connectivity index (χ3v) is 8.54. The molecule has 0 amide bonds. The molecule has 0 spiro atoms. The van der Waals surface area contributed by atoms with E-state index in [0.717, 1.165) is 39.6 Å². The van der Waals surface area contributed by atoms with E-state index in [-0.39, 0.29) is 0 Å². The van der Waals surface area contributed by atoms with Crippen molar-refractivity contribution in [2.75, 3.05) is 0 Å². The van der Waals surface area contributed by atoms with E-state index in [9.17, 15) is 0 Å². The summed E-state index contributed by atoms with van der Waals surface area (Å²) in [5, 5.41) is 5.11. The van der Waals surface area contributed by atoms with Gasteiger partial charge < -0.3 is 0 Å². The second kappa shape index (κ2) is 11.7. The minimum atomic E-state index is 0.916. The fraction of sp³-hybridized carbons (Fsp3) is 0.0714. The van der Waals surface area contributed by atoms with Crippen LogP contribution in [0, 0.1) is 6.92 Å². The van der Waals surface area contributed by atoms with Crippen LogP contribution in [0.2, 0.25) is 0 Å². The summed E-state index contributed by atoms with van der Waals surface area (Å²) in [6.45, 7) is 6.52. The first-order valence-electron chi connectivity index (χ1n) is 15.2. The Morgan fingerprint density at radius 3 is 1.70 bits per heavy atom. The van der Waals surface area contributed by atoms with Gasteiger partial charge in [0.15, 0.2) is 0 Å². The first-order valence-corrected chi connectivity index (χ1v) is 15.2. The molecular formula is C42H34N2. The Morgan fingerprint density at radius 2 is 1.07 bits per heavy atom. The lowest BCUT2D eigenvalue weighted by atomic mass is 9.91. The molecule has 44 heavy (non-hydrogen) atoms. The minimum absolute atomic E-state index is 0.916. The number of benzene rings is 6. The molecular weight excluding hydrogens is 532 g/mol. The van der Waals surface area contributed by atoms with Gasteiger partial charge in [0.05, 0.1) is 11.4 Å². The summed E-state index contributed by atoms with van der Waals surface area (Å²) in [6, 6.07) is 49.4. The Hall–Kier alpha value is -5.47. The zero-order valence-corrected chi connectivity index (χ0v) is 25.3. The van der Waals surface area contributed by atoms with E-state index in [1.54, 1.807) is 0 Å². The van der Waals surface area contributed by atoms with Gasteiger partial charge in [0.25, 0.3) is 0 Å². The summed E-state index contributed by atoms with van der Waals surface area (Å²) in [6.07, 6.45) is 4.50. The predicted molar refractivity (Wildman–Crippen MR) is 187 cm³/mol. The van der Waals surface area contributed by atoms with Crippen LogP contribution < -0.4 is 10.4 Å². The molecule has 1 heterocycles. The van der Waals surface area contributed by atoms with Crippen LogP contribution in [0.5, 0.6) is 0 Å². The molecule has 2 heteroatoms. The normalized spacial score (nSPS) is 12.2. The van der Waals surface area contributed by atoms with Gasteiger partial charge in [-0.1, -0.05) is 140 Å². The van der Waals surface area contributed by atoms with E-state index < -0.39 is 0 Å². The van der Waals surface area contributed by atoms with Gasteiger partial charge >= 0.3 is 0 Å². The van der Waals surface area contributed by atoms with Gasteiger partial charge in [-0.25, -0.2) is 4.98 Å². The van der Waals surface area contributed by atoms with Crippen LogP contribution in [0.4, 0.5) is 0 Å². The standard InChI is InChI=1S/C42H34N2/c1-4-35-29(3)37-26-15-16-27-38(37)39(36(35)5-2)33-24-17-25-34(28-33)44-41(31-20-11-7-12-21-31)40(30-18-9-6-10-19-30)43-42(44)32-22-13-8-14-23-32/h4-28H,1-3H3/b35-4-,36-5+. The lowest BCUT2D eigenvalue weighted by Crippen LogP contribution is -2.29. The van der Waals surface area contributed by atoms with Crippen LogP contribution in [0.1, 0.15) is 19.4 Å². The van der Waals surface area contributed by atoms with Crippen molar-refractivity contribution in [1.29, 1.82) is 0 Å². The fourth-order valence-corrected chi connectivity index (χ4v) is 6.55. The van der Waals surface area contributed by atoms with E-state index in [0.29, 0.717) is 0 Å². The molecule has 0 aliphatic rings. The van der Waals surface area contributed by atoms with Gasteiger partial charge in [-0.3, -0.25) is 4.57 Å². The largest absolute Gasteiger partial charge is 0.292 e. The van der Waals surface area contributed by atoms with Crippen molar-refractivity contribution in [1.82, 2.24) is 9.55 Å². The third-order valence-electron chi connectivity index (χ3n) is 8.54. The molecule has 0 atom stereocenters. The van der Waals surface area contributed by atoms with Crippen LogP contribution in [-0.4, -0.2) is 9.55 Å². The maximum atomic E-state index is 5.38.